The summed E-state index contributed by atoms with van der Waals surface area (Å²) in [5.41, 5.74) is 3.82. The summed E-state index contributed by atoms with van der Waals surface area (Å²) in [4.78, 5) is 33.3. The standard InChI is InChI=1S/C31H26N2O5S/c1-4-12-37-22-7-5-6-19(16-22)27-26(28(34)20-9-11-24-21(15-20)14-18(3)38-24)29(35)30(36)33(27)31-32-23-10-8-17(2)13-25(23)39-31/h4-11,13,15-16,18,27,34H,1,12,14H2,2-3H3/b28-26-. The van der Waals surface area contributed by atoms with Crippen molar-refractivity contribution in [3.63, 3.8) is 0 Å². The molecule has 0 radical (unpaired) electrons. The Kier molecular flexibility index (Phi) is 6.19. The van der Waals surface area contributed by atoms with Gasteiger partial charge in [-0.05, 0) is 73.0 Å². The molecule has 0 saturated carbocycles. The van der Waals surface area contributed by atoms with Gasteiger partial charge in [0.05, 0.1) is 21.8 Å². The van der Waals surface area contributed by atoms with E-state index in [4.69, 9.17) is 14.5 Å². The Labute approximate surface area is 229 Å². The number of aromatic nitrogens is 1. The number of hydrogen-bond donors (Lipinski definition) is 1. The first-order valence-corrected chi connectivity index (χ1v) is 13.5. The fraction of sp³-hybridized carbons (Fsp3) is 0.194. The second-order valence-corrected chi connectivity index (χ2v) is 10.8. The summed E-state index contributed by atoms with van der Waals surface area (Å²) in [7, 11) is 0. The first kappa shape index (κ1) is 24.9. The molecule has 1 aromatic heterocycles. The molecule has 39 heavy (non-hydrogen) atoms. The van der Waals surface area contributed by atoms with Crippen molar-refractivity contribution < 1.29 is 24.2 Å². The van der Waals surface area contributed by atoms with Gasteiger partial charge in [0.25, 0.3) is 5.78 Å². The largest absolute Gasteiger partial charge is 0.507 e. The van der Waals surface area contributed by atoms with Crippen LogP contribution < -0.4 is 14.4 Å². The third-order valence-electron chi connectivity index (χ3n) is 6.89. The molecule has 0 aliphatic carbocycles. The average molecular weight is 539 g/mol. The predicted octanol–water partition coefficient (Wildman–Crippen LogP) is 6.12. The van der Waals surface area contributed by atoms with Gasteiger partial charge in [0.2, 0.25) is 0 Å². The number of amides is 1. The van der Waals surface area contributed by atoms with Crippen LogP contribution in [0.5, 0.6) is 11.5 Å². The molecule has 1 fully saturated rings. The highest BCUT2D eigenvalue weighted by atomic mass is 32.1. The zero-order valence-corrected chi connectivity index (χ0v) is 22.3. The molecule has 1 N–H and O–H groups in total. The number of anilines is 1. The minimum Gasteiger partial charge on any atom is -0.507 e. The van der Waals surface area contributed by atoms with Crippen molar-refractivity contribution in [1.29, 1.82) is 0 Å². The van der Waals surface area contributed by atoms with Crippen LogP contribution in [0.2, 0.25) is 0 Å². The molecule has 2 atom stereocenters. The third kappa shape index (κ3) is 4.36. The van der Waals surface area contributed by atoms with E-state index in [0.29, 0.717) is 35.0 Å². The van der Waals surface area contributed by atoms with Crippen LogP contribution in [0.4, 0.5) is 5.13 Å². The van der Waals surface area contributed by atoms with E-state index < -0.39 is 17.7 Å². The van der Waals surface area contributed by atoms with Crippen molar-refractivity contribution in [2.24, 2.45) is 0 Å². The SMILES string of the molecule is C=CCOc1cccc(C2/C(=C(/O)c3ccc4c(c3)CC(C)O4)C(=O)C(=O)N2c2nc3ccc(C)cc3s2)c1. The Morgan fingerprint density at radius 1 is 1.21 bits per heavy atom. The summed E-state index contributed by atoms with van der Waals surface area (Å²) in [5, 5.41) is 12.0. The zero-order chi connectivity index (χ0) is 27.3. The molecule has 1 amide bonds. The number of aliphatic hydroxyl groups is 1. The van der Waals surface area contributed by atoms with Gasteiger partial charge in [0, 0.05) is 12.0 Å². The van der Waals surface area contributed by atoms with Gasteiger partial charge >= 0.3 is 5.91 Å². The van der Waals surface area contributed by atoms with Crippen molar-refractivity contribution in [1.82, 2.24) is 4.98 Å². The van der Waals surface area contributed by atoms with Crippen LogP contribution in [0.1, 0.15) is 35.2 Å². The Bertz CT molecular complexity index is 1690. The first-order chi connectivity index (χ1) is 18.8. The maximum Gasteiger partial charge on any atom is 0.301 e. The number of nitrogens with zero attached hydrogens (tertiary/aromatic N) is 2. The number of ether oxygens (including phenoxy) is 2. The molecule has 2 aliphatic rings. The first-order valence-electron chi connectivity index (χ1n) is 12.7. The fourth-order valence-corrected chi connectivity index (χ4v) is 6.21. The zero-order valence-electron chi connectivity index (χ0n) is 21.5. The van der Waals surface area contributed by atoms with Gasteiger partial charge in [-0.25, -0.2) is 4.98 Å². The molecule has 0 spiro atoms. The van der Waals surface area contributed by atoms with E-state index in [2.05, 4.69) is 6.58 Å². The molecular weight excluding hydrogens is 512 g/mol. The van der Waals surface area contributed by atoms with Crippen molar-refractivity contribution in [2.45, 2.75) is 32.4 Å². The lowest BCUT2D eigenvalue weighted by molar-refractivity contribution is -0.132. The quantitative estimate of drug-likeness (QED) is 0.138. The van der Waals surface area contributed by atoms with Crippen LogP contribution in [-0.2, 0) is 16.0 Å². The lowest BCUT2D eigenvalue weighted by Gasteiger charge is -2.23. The summed E-state index contributed by atoms with van der Waals surface area (Å²) in [6.07, 6.45) is 2.37. The van der Waals surface area contributed by atoms with Gasteiger partial charge in [0.15, 0.2) is 5.13 Å². The second-order valence-electron chi connectivity index (χ2n) is 9.76. The molecule has 4 aromatic rings. The van der Waals surface area contributed by atoms with E-state index in [1.54, 1.807) is 36.4 Å². The van der Waals surface area contributed by atoms with Crippen molar-refractivity contribution in [2.75, 3.05) is 11.5 Å². The normalized spacial score (nSPS) is 19.8. The third-order valence-corrected chi connectivity index (χ3v) is 7.91. The Morgan fingerprint density at radius 2 is 2.05 bits per heavy atom. The van der Waals surface area contributed by atoms with E-state index in [1.807, 2.05) is 44.2 Å². The summed E-state index contributed by atoms with van der Waals surface area (Å²) >= 11 is 1.33. The van der Waals surface area contributed by atoms with Gasteiger partial charge in [-0.2, -0.15) is 0 Å². The highest BCUT2D eigenvalue weighted by Gasteiger charge is 2.48. The van der Waals surface area contributed by atoms with E-state index >= 15 is 0 Å². The molecular formula is C31H26N2O5S. The molecule has 2 unspecified atom stereocenters. The second kappa shape index (κ2) is 9.71. The Balaban J connectivity index is 1.53. The van der Waals surface area contributed by atoms with Crippen molar-refractivity contribution in [3.05, 3.63) is 101 Å². The molecule has 1 saturated heterocycles. The molecule has 3 aromatic carbocycles. The number of fused-ring (bicyclic) bond motifs is 2. The van der Waals surface area contributed by atoms with Gasteiger partial charge in [-0.1, -0.05) is 42.2 Å². The van der Waals surface area contributed by atoms with E-state index in [-0.39, 0.29) is 17.4 Å². The number of carbonyl (C=O) groups excluding carboxylic acids is 2. The summed E-state index contributed by atoms with van der Waals surface area (Å²) in [6, 6.07) is 17.4. The molecule has 0 bridgehead atoms. The predicted molar refractivity (Wildman–Crippen MR) is 152 cm³/mol. The summed E-state index contributed by atoms with van der Waals surface area (Å²) < 4.78 is 12.4. The van der Waals surface area contributed by atoms with Crippen LogP contribution in [-0.4, -0.2) is 34.5 Å². The molecule has 2 aliphatic heterocycles. The highest BCUT2D eigenvalue weighted by Crippen LogP contribution is 2.45. The van der Waals surface area contributed by atoms with E-state index in [9.17, 15) is 14.7 Å². The van der Waals surface area contributed by atoms with Gasteiger partial charge < -0.3 is 14.6 Å². The van der Waals surface area contributed by atoms with Gasteiger partial charge in [0.1, 0.15) is 30.0 Å². The fourth-order valence-electron chi connectivity index (χ4n) is 5.12. The maximum atomic E-state index is 13.6. The number of carbonyl (C=O) groups is 2. The summed E-state index contributed by atoms with van der Waals surface area (Å²) in [6.45, 7) is 7.96. The molecule has 6 rings (SSSR count). The molecule has 3 heterocycles. The van der Waals surface area contributed by atoms with Crippen LogP contribution in [0.25, 0.3) is 16.0 Å². The van der Waals surface area contributed by atoms with Crippen LogP contribution >= 0.6 is 11.3 Å². The number of Topliss-reactive ketones (excluding diaryl/α,β-unsaturated/α-hetero) is 1. The monoisotopic (exact) mass is 538 g/mol. The molecule has 196 valence electrons. The maximum absolute atomic E-state index is 13.6. The number of benzene rings is 3. The van der Waals surface area contributed by atoms with E-state index in [0.717, 1.165) is 27.1 Å². The lowest BCUT2D eigenvalue weighted by Crippen LogP contribution is -2.29. The van der Waals surface area contributed by atoms with Crippen molar-refractivity contribution >= 4 is 44.1 Å². The highest BCUT2D eigenvalue weighted by molar-refractivity contribution is 7.22. The smallest absolute Gasteiger partial charge is 0.301 e. The van der Waals surface area contributed by atoms with Crippen molar-refractivity contribution in [3.8, 4) is 11.5 Å². The van der Waals surface area contributed by atoms with E-state index in [1.165, 1.54) is 16.2 Å². The Morgan fingerprint density at radius 3 is 2.87 bits per heavy atom. The van der Waals surface area contributed by atoms with Crippen LogP contribution in [0.3, 0.4) is 0 Å². The van der Waals surface area contributed by atoms with Crippen LogP contribution in [0, 0.1) is 6.92 Å². The van der Waals surface area contributed by atoms with Crippen LogP contribution in [0.15, 0.2) is 78.9 Å². The lowest BCUT2D eigenvalue weighted by atomic mass is 9.94. The molecule has 7 nitrogen and oxygen atoms in total. The topological polar surface area (TPSA) is 89.0 Å². The minimum atomic E-state index is -0.901. The molecule has 8 heteroatoms. The number of thiazole rings is 1. The number of aliphatic hydroxyl groups excluding tert-OH is 1. The number of ketones is 1. The number of aryl methyl sites for hydroxylation is 1. The summed E-state index contributed by atoms with van der Waals surface area (Å²) in [5.74, 6) is -0.435. The average Bonchev–Trinajstić information content (AvgIpc) is 3.59. The van der Waals surface area contributed by atoms with Gasteiger partial charge in [-0.15, -0.1) is 0 Å². The minimum absolute atomic E-state index is 0.00298. The number of hydrogen-bond acceptors (Lipinski definition) is 7. The van der Waals surface area contributed by atoms with Gasteiger partial charge in [-0.3, -0.25) is 14.5 Å². The Hall–Kier alpha value is -4.43. The number of rotatable bonds is 6.